The van der Waals surface area contributed by atoms with Crippen LogP contribution in [0.5, 0.6) is 0 Å². The molecular weight excluding hydrogens is 171 g/mol. The van der Waals surface area contributed by atoms with Gasteiger partial charge in [-0.3, -0.25) is 0 Å². The Balaban J connectivity index is 2.39. The molecule has 0 N–H and O–H groups in total. The molecule has 0 spiro atoms. The summed E-state index contributed by atoms with van der Waals surface area (Å²) >= 11 is 0. The van der Waals surface area contributed by atoms with Gasteiger partial charge in [-0.25, -0.2) is 0 Å². The van der Waals surface area contributed by atoms with Crippen molar-refractivity contribution in [3.8, 4) is 0 Å². The van der Waals surface area contributed by atoms with E-state index in [0.29, 0.717) is 5.82 Å². The summed E-state index contributed by atoms with van der Waals surface area (Å²) in [6, 6.07) is 8.24. The van der Waals surface area contributed by atoms with Crippen molar-refractivity contribution < 1.29 is 4.42 Å². The number of fused-ring (bicyclic) bond motifs is 3. The standard InChI is InChI=1S/C12H11BO/c13-10-6-3-5-9-8-4-1-2-7-11(8)14-12(9)10/h1-5,7,10H,6,13H2/t10-/m1/s1. The molecule has 14 heavy (non-hydrogen) atoms. The Kier molecular flexibility index (Phi) is 1.57. The highest BCUT2D eigenvalue weighted by atomic mass is 16.3. The number of allylic oxidation sites excluding steroid dienone is 1. The highest BCUT2D eigenvalue weighted by Crippen LogP contribution is 2.35. The number of para-hydroxylation sites is 1. The Bertz CT molecular complexity index is 510. The Labute approximate surface area is 83.8 Å². The van der Waals surface area contributed by atoms with Crippen LogP contribution in [0.2, 0.25) is 0 Å². The normalized spacial score (nSPS) is 19.9. The van der Waals surface area contributed by atoms with Crippen LogP contribution in [0, 0.1) is 0 Å². The number of benzene rings is 1. The molecule has 1 aromatic heterocycles. The van der Waals surface area contributed by atoms with Gasteiger partial charge in [-0.05, 0) is 18.3 Å². The SMILES string of the molecule is B[C@@H]1CC=Cc2c1oc1ccccc21. The second-order valence-corrected chi connectivity index (χ2v) is 3.92. The van der Waals surface area contributed by atoms with E-state index in [1.165, 1.54) is 10.9 Å². The number of hydrogen-bond acceptors (Lipinski definition) is 1. The molecule has 2 aromatic rings. The minimum atomic E-state index is 0.516. The molecule has 1 nitrogen and oxygen atoms in total. The van der Waals surface area contributed by atoms with Crippen molar-refractivity contribution in [2.24, 2.45) is 0 Å². The molecule has 1 atom stereocenters. The van der Waals surface area contributed by atoms with Crippen LogP contribution in [0.25, 0.3) is 17.0 Å². The Morgan fingerprint density at radius 2 is 2.14 bits per heavy atom. The molecule has 0 fully saturated rings. The molecular formula is C12H11BO. The maximum absolute atomic E-state index is 5.85. The number of rotatable bonds is 0. The maximum Gasteiger partial charge on any atom is 0.134 e. The number of hydrogen-bond donors (Lipinski definition) is 0. The van der Waals surface area contributed by atoms with Crippen molar-refractivity contribution in [2.45, 2.75) is 12.2 Å². The predicted octanol–water partition coefficient (Wildman–Crippen LogP) is 2.52. The molecule has 1 aliphatic carbocycles. The van der Waals surface area contributed by atoms with Crippen LogP contribution < -0.4 is 0 Å². The second kappa shape index (κ2) is 2.78. The van der Waals surface area contributed by atoms with Gasteiger partial charge in [0.2, 0.25) is 0 Å². The monoisotopic (exact) mass is 182 g/mol. The van der Waals surface area contributed by atoms with Crippen LogP contribution in [-0.2, 0) is 0 Å². The lowest BCUT2D eigenvalue weighted by atomic mass is 9.78. The van der Waals surface area contributed by atoms with Gasteiger partial charge in [-0.2, -0.15) is 0 Å². The van der Waals surface area contributed by atoms with E-state index in [-0.39, 0.29) is 0 Å². The molecule has 1 heterocycles. The van der Waals surface area contributed by atoms with E-state index in [2.05, 4.69) is 32.1 Å². The van der Waals surface area contributed by atoms with Crippen LogP contribution in [-0.4, -0.2) is 7.85 Å². The van der Waals surface area contributed by atoms with Gasteiger partial charge in [-0.1, -0.05) is 30.4 Å². The fourth-order valence-electron chi connectivity index (χ4n) is 2.12. The Morgan fingerprint density at radius 1 is 1.29 bits per heavy atom. The van der Waals surface area contributed by atoms with Gasteiger partial charge >= 0.3 is 0 Å². The summed E-state index contributed by atoms with van der Waals surface area (Å²) in [7, 11) is 2.21. The first kappa shape index (κ1) is 7.92. The molecule has 0 aliphatic heterocycles. The third-order valence-electron chi connectivity index (χ3n) is 2.88. The fourth-order valence-corrected chi connectivity index (χ4v) is 2.12. The summed E-state index contributed by atoms with van der Waals surface area (Å²) in [5.74, 6) is 1.66. The van der Waals surface area contributed by atoms with E-state index in [1.807, 2.05) is 12.1 Å². The predicted molar refractivity (Wildman–Crippen MR) is 61.2 cm³/mol. The van der Waals surface area contributed by atoms with E-state index in [4.69, 9.17) is 4.42 Å². The first-order chi connectivity index (χ1) is 6.86. The third kappa shape index (κ3) is 0.970. The Hall–Kier alpha value is -1.44. The average Bonchev–Trinajstić information content (AvgIpc) is 2.59. The summed E-state index contributed by atoms with van der Waals surface area (Å²) in [5.41, 5.74) is 2.29. The van der Waals surface area contributed by atoms with Gasteiger partial charge in [0.15, 0.2) is 0 Å². The third-order valence-corrected chi connectivity index (χ3v) is 2.88. The van der Waals surface area contributed by atoms with Crippen molar-refractivity contribution in [3.63, 3.8) is 0 Å². The minimum Gasteiger partial charge on any atom is -0.461 e. The summed E-state index contributed by atoms with van der Waals surface area (Å²) in [4.78, 5) is 0. The smallest absolute Gasteiger partial charge is 0.134 e. The fraction of sp³-hybridized carbons (Fsp3) is 0.167. The Morgan fingerprint density at radius 3 is 3.07 bits per heavy atom. The first-order valence-electron chi connectivity index (χ1n) is 5.04. The van der Waals surface area contributed by atoms with Crippen LogP contribution in [0.4, 0.5) is 0 Å². The summed E-state index contributed by atoms with van der Waals surface area (Å²) in [5, 5.41) is 1.24. The average molecular weight is 182 g/mol. The van der Waals surface area contributed by atoms with Crippen LogP contribution >= 0.6 is 0 Å². The zero-order chi connectivity index (χ0) is 9.54. The summed E-state index contributed by atoms with van der Waals surface area (Å²) in [6.45, 7) is 0. The maximum atomic E-state index is 5.85. The van der Waals surface area contributed by atoms with E-state index in [9.17, 15) is 0 Å². The summed E-state index contributed by atoms with van der Waals surface area (Å²) < 4.78 is 5.85. The van der Waals surface area contributed by atoms with E-state index < -0.39 is 0 Å². The molecule has 1 aromatic carbocycles. The zero-order valence-electron chi connectivity index (χ0n) is 8.16. The van der Waals surface area contributed by atoms with Crippen molar-refractivity contribution in [2.75, 3.05) is 0 Å². The summed E-state index contributed by atoms with van der Waals surface area (Å²) in [6.07, 6.45) is 5.50. The van der Waals surface area contributed by atoms with Crippen LogP contribution in [0.15, 0.2) is 34.8 Å². The molecule has 68 valence electrons. The van der Waals surface area contributed by atoms with E-state index >= 15 is 0 Å². The van der Waals surface area contributed by atoms with Crippen molar-refractivity contribution in [3.05, 3.63) is 41.7 Å². The molecule has 0 saturated carbocycles. The molecule has 0 saturated heterocycles. The first-order valence-corrected chi connectivity index (χ1v) is 5.04. The van der Waals surface area contributed by atoms with Gasteiger partial charge in [0.25, 0.3) is 0 Å². The van der Waals surface area contributed by atoms with E-state index in [0.717, 1.165) is 17.8 Å². The quantitative estimate of drug-likeness (QED) is 0.570. The number of furan rings is 1. The van der Waals surface area contributed by atoms with Gasteiger partial charge < -0.3 is 4.42 Å². The highest BCUT2D eigenvalue weighted by molar-refractivity contribution is 6.13. The lowest BCUT2D eigenvalue weighted by Crippen LogP contribution is -1.99. The lowest BCUT2D eigenvalue weighted by molar-refractivity contribution is 0.538. The van der Waals surface area contributed by atoms with Gasteiger partial charge in [0.05, 0.1) is 0 Å². The lowest BCUT2D eigenvalue weighted by Gasteiger charge is -2.10. The van der Waals surface area contributed by atoms with E-state index in [1.54, 1.807) is 0 Å². The largest absolute Gasteiger partial charge is 0.461 e. The minimum absolute atomic E-state index is 0.516. The zero-order valence-corrected chi connectivity index (χ0v) is 8.16. The molecule has 3 rings (SSSR count). The second-order valence-electron chi connectivity index (χ2n) is 3.92. The molecule has 0 bridgehead atoms. The van der Waals surface area contributed by atoms with Crippen LogP contribution in [0.3, 0.4) is 0 Å². The van der Waals surface area contributed by atoms with Crippen molar-refractivity contribution >= 4 is 24.9 Å². The highest BCUT2D eigenvalue weighted by Gasteiger charge is 2.19. The van der Waals surface area contributed by atoms with Gasteiger partial charge in [0.1, 0.15) is 19.2 Å². The topological polar surface area (TPSA) is 13.1 Å². The molecule has 1 aliphatic rings. The molecule has 0 amide bonds. The van der Waals surface area contributed by atoms with Gasteiger partial charge in [-0.15, -0.1) is 0 Å². The molecule has 2 heteroatoms. The van der Waals surface area contributed by atoms with Crippen molar-refractivity contribution in [1.29, 1.82) is 0 Å². The molecule has 0 unspecified atom stereocenters. The molecule has 0 radical (unpaired) electrons. The van der Waals surface area contributed by atoms with Crippen LogP contribution in [0.1, 0.15) is 23.6 Å². The van der Waals surface area contributed by atoms with Gasteiger partial charge in [0, 0.05) is 10.9 Å². The van der Waals surface area contributed by atoms with Crippen molar-refractivity contribution in [1.82, 2.24) is 0 Å².